The monoisotopic (exact) mass is 328 g/mol. The van der Waals surface area contributed by atoms with E-state index in [-0.39, 0.29) is 17.7 Å². The second-order valence-electron chi connectivity index (χ2n) is 5.33. The van der Waals surface area contributed by atoms with E-state index in [0.29, 0.717) is 24.3 Å². The van der Waals surface area contributed by atoms with E-state index in [2.05, 4.69) is 4.72 Å². The summed E-state index contributed by atoms with van der Waals surface area (Å²) in [5.41, 5.74) is 0.898. The van der Waals surface area contributed by atoms with Crippen LogP contribution in [-0.4, -0.2) is 14.2 Å². The van der Waals surface area contributed by atoms with Gasteiger partial charge in [-0.1, -0.05) is 37.6 Å². The first-order valence-electron chi connectivity index (χ1n) is 6.98. The highest BCUT2D eigenvalue weighted by Crippen LogP contribution is 2.24. The minimum atomic E-state index is -3.36. The van der Waals surface area contributed by atoms with Crippen molar-refractivity contribution in [3.63, 3.8) is 0 Å². The van der Waals surface area contributed by atoms with Gasteiger partial charge in [0.05, 0.1) is 11.8 Å². The second kappa shape index (κ2) is 8.38. The van der Waals surface area contributed by atoms with Crippen LogP contribution in [0.2, 0.25) is 5.02 Å². The number of rotatable bonds is 8. The fraction of sp³-hybridized carbons (Fsp3) is 0.533. The van der Waals surface area contributed by atoms with Crippen LogP contribution < -0.4 is 4.72 Å². The molecule has 1 unspecified atom stereocenters. The number of nitrogens with one attached hydrogen (secondary N) is 1. The molecular weight excluding hydrogens is 308 g/mol. The minimum absolute atomic E-state index is 0.0471. The molecule has 0 fully saturated rings. The summed E-state index contributed by atoms with van der Waals surface area (Å²) in [5.74, 6) is 0.172. The average molecular weight is 329 g/mol. The van der Waals surface area contributed by atoms with Crippen molar-refractivity contribution in [1.82, 2.24) is 4.72 Å². The van der Waals surface area contributed by atoms with Crippen LogP contribution in [0.4, 0.5) is 0 Å². The van der Waals surface area contributed by atoms with Gasteiger partial charge >= 0.3 is 0 Å². The van der Waals surface area contributed by atoms with Crippen LogP contribution in [0.1, 0.15) is 44.7 Å². The third kappa shape index (κ3) is 6.47. The Morgan fingerprint density at radius 2 is 1.86 bits per heavy atom. The lowest BCUT2D eigenvalue weighted by molar-refractivity contribution is 0.462. The zero-order valence-electron chi connectivity index (χ0n) is 12.3. The molecule has 1 atom stereocenters. The summed E-state index contributed by atoms with van der Waals surface area (Å²) in [5, 5.41) is 9.08. The van der Waals surface area contributed by atoms with E-state index < -0.39 is 10.0 Å². The van der Waals surface area contributed by atoms with Gasteiger partial charge in [-0.3, -0.25) is 0 Å². The summed E-state index contributed by atoms with van der Waals surface area (Å²) >= 11 is 5.86. The highest BCUT2D eigenvalue weighted by molar-refractivity contribution is 7.89. The molecule has 1 N–H and O–H groups in total. The molecule has 1 aromatic carbocycles. The number of nitriles is 1. The number of sulfonamides is 1. The third-order valence-electron chi connectivity index (χ3n) is 3.15. The van der Waals surface area contributed by atoms with Crippen LogP contribution in [0.5, 0.6) is 0 Å². The number of hydrogen-bond acceptors (Lipinski definition) is 3. The van der Waals surface area contributed by atoms with Crippen molar-refractivity contribution in [2.75, 3.05) is 5.75 Å². The van der Waals surface area contributed by atoms with Crippen molar-refractivity contribution in [3.8, 4) is 6.07 Å². The van der Waals surface area contributed by atoms with E-state index in [4.69, 9.17) is 16.9 Å². The maximum absolute atomic E-state index is 12.1. The molecule has 1 aromatic rings. The van der Waals surface area contributed by atoms with Gasteiger partial charge in [0.25, 0.3) is 0 Å². The summed E-state index contributed by atoms with van der Waals surface area (Å²) in [6.07, 6.45) is 1.49. The number of hydrogen-bond donors (Lipinski definition) is 1. The predicted molar refractivity (Wildman–Crippen MR) is 85.4 cm³/mol. The fourth-order valence-corrected chi connectivity index (χ4v) is 3.63. The lowest BCUT2D eigenvalue weighted by Crippen LogP contribution is -2.33. The number of halogens is 1. The van der Waals surface area contributed by atoms with Crippen LogP contribution in [0.25, 0.3) is 0 Å². The van der Waals surface area contributed by atoms with E-state index >= 15 is 0 Å². The molecule has 0 saturated carbocycles. The lowest BCUT2D eigenvalue weighted by Gasteiger charge is -2.23. The molecule has 0 bridgehead atoms. The van der Waals surface area contributed by atoms with Crippen LogP contribution >= 0.6 is 11.6 Å². The summed E-state index contributed by atoms with van der Waals surface area (Å²) in [4.78, 5) is 0. The molecule has 0 aliphatic carbocycles. The van der Waals surface area contributed by atoms with E-state index in [0.717, 1.165) is 5.56 Å². The highest BCUT2D eigenvalue weighted by Gasteiger charge is 2.22. The maximum Gasteiger partial charge on any atom is 0.212 e. The molecule has 0 aromatic heterocycles. The zero-order valence-corrected chi connectivity index (χ0v) is 13.9. The lowest BCUT2D eigenvalue weighted by atomic mass is 9.97. The van der Waals surface area contributed by atoms with Crippen molar-refractivity contribution in [2.45, 2.75) is 39.2 Å². The Labute approximate surface area is 132 Å². The molecule has 6 heteroatoms. The van der Waals surface area contributed by atoms with Gasteiger partial charge in [0.2, 0.25) is 10.0 Å². The molecule has 0 saturated heterocycles. The first-order chi connectivity index (χ1) is 9.85. The second-order valence-corrected chi connectivity index (χ2v) is 7.64. The molecule has 0 aliphatic rings. The summed E-state index contributed by atoms with van der Waals surface area (Å²) < 4.78 is 27.0. The van der Waals surface area contributed by atoms with E-state index in [1.165, 1.54) is 0 Å². The van der Waals surface area contributed by atoms with E-state index in [1.54, 1.807) is 12.1 Å². The Morgan fingerprint density at radius 1 is 1.24 bits per heavy atom. The standard InChI is InChI=1S/C15H21ClN2O2S/c1-12(2)15(13-6-8-14(16)9-7-13)18-21(19,20)11-5-3-4-10-17/h6-9,12,15,18H,3-5,11H2,1-2H3. The first kappa shape index (κ1) is 18.0. The maximum atomic E-state index is 12.1. The van der Waals surface area contributed by atoms with Gasteiger partial charge in [0.1, 0.15) is 0 Å². The Kier molecular flexibility index (Phi) is 7.16. The molecule has 1 rings (SSSR count). The average Bonchev–Trinajstić information content (AvgIpc) is 2.42. The third-order valence-corrected chi connectivity index (χ3v) is 4.85. The van der Waals surface area contributed by atoms with Gasteiger partial charge in [0.15, 0.2) is 0 Å². The highest BCUT2D eigenvalue weighted by atomic mass is 35.5. The molecule has 0 spiro atoms. The predicted octanol–water partition coefficient (Wildman–Crippen LogP) is 3.65. The number of unbranched alkanes of at least 4 members (excludes halogenated alkanes) is 2. The van der Waals surface area contributed by atoms with E-state index in [1.807, 2.05) is 32.0 Å². The Balaban J connectivity index is 2.74. The van der Waals surface area contributed by atoms with Gasteiger partial charge in [-0.25, -0.2) is 13.1 Å². The van der Waals surface area contributed by atoms with Crippen LogP contribution in [-0.2, 0) is 10.0 Å². The van der Waals surface area contributed by atoms with Crippen molar-refractivity contribution < 1.29 is 8.42 Å². The quantitative estimate of drug-likeness (QED) is 0.740. The van der Waals surface area contributed by atoms with Gasteiger partial charge in [-0.2, -0.15) is 5.26 Å². The van der Waals surface area contributed by atoms with Crippen LogP contribution in [0.3, 0.4) is 0 Å². The van der Waals surface area contributed by atoms with Crippen molar-refractivity contribution in [3.05, 3.63) is 34.9 Å². The largest absolute Gasteiger partial charge is 0.212 e. The van der Waals surface area contributed by atoms with Crippen LogP contribution in [0.15, 0.2) is 24.3 Å². The Hall–Kier alpha value is -1.09. The van der Waals surface area contributed by atoms with Gasteiger partial charge < -0.3 is 0 Å². The number of benzene rings is 1. The Bertz CT molecular complexity index is 577. The van der Waals surface area contributed by atoms with Gasteiger partial charge in [-0.05, 0) is 36.5 Å². The Morgan fingerprint density at radius 3 is 2.38 bits per heavy atom. The summed E-state index contributed by atoms with van der Waals surface area (Å²) in [7, 11) is -3.36. The van der Waals surface area contributed by atoms with Crippen molar-refractivity contribution in [2.24, 2.45) is 5.92 Å². The van der Waals surface area contributed by atoms with Crippen LogP contribution in [0, 0.1) is 17.2 Å². The molecule has 0 amide bonds. The first-order valence-corrected chi connectivity index (χ1v) is 9.01. The zero-order chi connectivity index (χ0) is 15.9. The van der Waals surface area contributed by atoms with Gasteiger partial charge in [0, 0.05) is 17.5 Å². The minimum Gasteiger partial charge on any atom is -0.212 e. The normalized spacial score (nSPS) is 13.1. The molecule has 21 heavy (non-hydrogen) atoms. The summed E-state index contributed by atoms with van der Waals surface area (Å²) in [6, 6.07) is 8.93. The molecule has 0 heterocycles. The molecule has 116 valence electrons. The molecule has 0 aliphatic heterocycles. The summed E-state index contributed by atoms with van der Waals surface area (Å²) in [6.45, 7) is 3.94. The SMILES string of the molecule is CC(C)C(NS(=O)(=O)CCCCC#N)c1ccc(Cl)cc1. The van der Waals surface area contributed by atoms with E-state index in [9.17, 15) is 8.42 Å². The van der Waals surface area contributed by atoms with Gasteiger partial charge in [-0.15, -0.1) is 0 Å². The van der Waals surface area contributed by atoms with Crippen molar-refractivity contribution in [1.29, 1.82) is 5.26 Å². The molecule has 0 radical (unpaired) electrons. The molecule has 4 nitrogen and oxygen atoms in total. The smallest absolute Gasteiger partial charge is 0.212 e. The fourth-order valence-electron chi connectivity index (χ4n) is 2.01. The topological polar surface area (TPSA) is 70.0 Å². The number of nitrogens with zero attached hydrogens (tertiary/aromatic N) is 1. The van der Waals surface area contributed by atoms with Crippen molar-refractivity contribution >= 4 is 21.6 Å². The molecular formula is C15H21ClN2O2S.